The monoisotopic (exact) mass is 432 g/mol. The SMILES string of the molecule is COc1ccc(OC)c([C@H](C)NC(=O)[C@H]2CCCN(S(=O)(=O)c3ccccc3)C2)c1. The van der Waals surface area contributed by atoms with E-state index in [4.69, 9.17) is 9.47 Å². The summed E-state index contributed by atoms with van der Waals surface area (Å²) in [4.78, 5) is 13.2. The van der Waals surface area contributed by atoms with Gasteiger partial charge >= 0.3 is 0 Å². The molecule has 0 spiro atoms. The minimum absolute atomic E-state index is 0.166. The van der Waals surface area contributed by atoms with E-state index in [1.54, 1.807) is 56.7 Å². The van der Waals surface area contributed by atoms with Crippen LogP contribution in [-0.4, -0.2) is 45.9 Å². The standard InChI is InChI=1S/C22H28N2O5S/c1-16(20-14-18(28-2)11-12-21(20)29-3)23-22(25)17-8-7-13-24(15-17)30(26,27)19-9-5-4-6-10-19/h4-6,9-12,14,16-17H,7-8,13,15H2,1-3H3,(H,23,25)/t16-,17-/m0/s1. The van der Waals surface area contributed by atoms with Crippen molar-refractivity contribution in [2.75, 3.05) is 27.3 Å². The zero-order chi connectivity index (χ0) is 21.7. The number of carbonyl (C=O) groups excluding carboxylic acids is 1. The number of benzene rings is 2. The molecule has 2 atom stereocenters. The van der Waals surface area contributed by atoms with Gasteiger partial charge in [-0.1, -0.05) is 18.2 Å². The van der Waals surface area contributed by atoms with E-state index in [1.807, 2.05) is 13.0 Å². The molecule has 30 heavy (non-hydrogen) atoms. The fraction of sp³-hybridized carbons (Fsp3) is 0.409. The second kappa shape index (κ2) is 9.49. The van der Waals surface area contributed by atoms with Crippen molar-refractivity contribution in [1.82, 2.24) is 9.62 Å². The maximum absolute atomic E-state index is 12.9. The summed E-state index contributed by atoms with van der Waals surface area (Å²) in [6.45, 7) is 2.46. The largest absolute Gasteiger partial charge is 0.497 e. The molecule has 1 aliphatic heterocycles. The number of piperidine rings is 1. The van der Waals surface area contributed by atoms with Crippen LogP contribution in [0.2, 0.25) is 0 Å². The highest BCUT2D eigenvalue weighted by molar-refractivity contribution is 7.89. The summed E-state index contributed by atoms with van der Waals surface area (Å²) in [6, 6.07) is 13.4. The Morgan fingerprint density at radius 3 is 2.53 bits per heavy atom. The maximum Gasteiger partial charge on any atom is 0.243 e. The molecule has 0 aliphatic carbocycles. The zero-order valence-electron chi connectivity index (χ0n) is 17.5. The predicted molar refractivity (Wildman–Crippen MR) is 114 cm³/mol. The number of rotatable bonds is 7. The third-order valence-corrected chi connectivity index (χ3v) is 7.28. The van der Waals surface area contributed by atoms with Gasteiger partial charge in [-0.2, -0.15) is 4.31 Å². The summed E-state index contributed by atoms with van der Waals surface area (Å²) < 4.78 is 37.9. The van der Waals surface area contributed by atoms with Gasteiger partial charge in [-0.3, -0.25) is 4.79 Å². The number of amides is 1. The molecule has 162 valence electrons. The molecule has 1 amide bonds. The molecule has 0 aromatic heterocycles. The Morgan fingerprint density at radius 2 is 1.87 bits per heavy atom. The highest BCUT2D eigenvalue weighted by atomic mass is 32.2. The van der Waals surface area contributed by atoms with Crippen molar-refractivity contribution in [3.63, 3.8) is 0 Å². The van der Waals surface area contributed by atoms with Gasteiger partial charge in [0, 0.05) is 18.7 Å². The molecule has 1 saturated heterocycles. The Balaban J connectivity index is 1.72. The van der Waals surface area contributed by atoms with Gasteiger partial charge in [0.1, 0.15) is 11.5 Å². The summed E-state index contributed by atoms with van der Waals surface area (Å²) >= 11 is 0. The molecule has 2 aromatic carbocycles. The number of carbonyl (C=O) groups is 1. The van der Waals surface area contributed by atoms with Gasteiger partial charge in [0.05, 0.1) is 31.1 Å². The summed E-state index contributed by atoms with van der Waals surface area (Å²) in [5.74, 6) is 0.752. The first-order chi connectivity index (χ1) is 14.4. The van der Waals surface area contributed by atoms with Crippen molar-refractivity contribution < 1.29 is 22.7 Å². The molecule has 8 heteroatoms. The summed E-state index contributed by atoms with van der Waals surface area (Å²) in [7, 11) is -0.453. The lowest BCUT2D eigenvalue weighted by Gasteiger charge is -2.32. The third kappa shape index (κ3) is 4.76. The van der Waals surface area contributed by atoms with Gasteiger partial charge in [-0.05, 0) is 50.1 Å². The van der Waals surface area contributed by atoms with E-state index in [-0.39, 0.29) is 23.4 Å². The zero-order valence-corrected chi connectivity index (χ0v) is 18.3. The fourth-order valence-corrected chi connectivity index (χ4v) is 5.25. The topological polar surface area (TPSA) is 84.9 Å². The molecule has 7 nitrogen and oxygen atoms in total. The third-order valence-electron chi connectivity index (χ3n) is 5.40. The second-order valence-electron chi connectivity index (χ2n) is 7.35. The van der Waals surface area contributed by atoms with Crippen molar-refractivity contribution in [1.29, 1.82) is 0 Å². The molecule has 0 bridgehead atoms. The van der Waals surface area contributed by atoms with Crippen LogP contribution < -0.4 is 14.8 Å². The van der Waals surface area contributed by atoms with Gasteiger partial charge in [-0.15, -0.1) is 0 Å². The quantitative estimate of drug-likeness (QED) is 0.727. The lowest BCUT2D eigenvalue weighted by molar-refractivity contribution is -0.126. The van der Waals surface area contributed by atoms with Crippen molar-refractivity contribution in [2.24, 2.45) is 5.92 Å². The van der Waals surface area contributed by atoms with E-state index in [2.05, 4.69) is 5.32 Å². The molecule has 2 aromatic rings. The average molecular weight is 433 g/mol. The molecule has 0 unspecified atom stereocenters. The second-order valence-corrected chi connectivity index (χ2v) is 9.29. The van der Waals surface area contributed by atoms with Crippen LogP contribution in [-0.2, 0) is 14.8 Å². The number of ether oxygens (including phenoxy) is 2. The van der Waals surface area contributed by atoms with E-state index < -0.39 is 15.9 Å². The molecule has 1 aliphatic rings. The van der Waals surface area contributed by atoms with Gasteiger partial charge in [0.15, 0.2) is 0 Å². The van der Waals surface area contributed by atoms with Crippen LogP contribution in [0.3, 0.4) is 0 Å². The Kier molecular flexibility index (Phi) is 6.99. The van der Waals surface area contributed by atoms with E-state index >= 15 is 0 Å². The van der Waals surface area contributed by atoms with Gasteiger partial charge < -0.3 is 14.8 Å². The molecule has 1 N–H and O–H groups in total. The summed E-state index contributed by atoms with van der Waals surface area (Å²) in [5.41, 5.74) is 0.801. The lowest BCUT2D eigenvalue weighted by Crippen LogP contribution is -2.45. The maximum atomic E-state index is 12.9. The molecule has 0 saturated carbocycles. The first-order valence-electron chi connectivity index (χ1n) is 9.94. The Labute approximate surface area is 178 Å². The molecular formula is C22H28N2O5S. The molecule has 3 rings (SSSR count). The minimum Gasteiger partial charge on any atom is -0.497 e. The molecular weight excluding hydrogens is 404 g/mol. The normalized spacial score (nSPS) is 18.4. The van der Waals surface area contributed by atoms with Gasteiger partial charge in [-0.25, -0.2) is 8.42 Å². The smallest absolute Gasteiger partial charge is 0.243 e. The number of sulfonamides is 1. The summed E-state index contributed by atoms with van der Waals surface area (Å²) in [5, 5.41) is 3.01. The van der Waals surface area contributed by atoms with Crippen LogP contribution in [0.25, 0.3) is 0 Å². The average Bonchev–Trinajstić information content (AvgIpc) is 2.79. The molecule has 1 fully saturated rings. The van der Waals surface area contributed by atoms with Crippen molar-refractivity contribution in [3.05, 3.63) is 54.1 Å². The Bertz CT molecular complexity index is 978. The van der Waals surface area contributed by atoms with Crippen molar-refractivity contribution in [2.45, 2.75) is 30.7 Å². The highest BCUT2D eigenvalue weighted by Crippen LogP contribution is 2.30. The van der Waals surface area contributed by atoms with E-state index in [0.29, 0.717) is 30.9 Å². The Hall–Kier alpha value is -2.58. The predicted octanol–water partition coefficient (Wildman–Crippen LogP) is 2.98. The number of hydrogen-bond acceptors (Lipinski definition) is 5. The number of nitrogens with zero attached hydrogens (tertiary/aromatic N) is 1. The van der Waals surface area contributed by atoms with Crippen LogP contribution in [0.1, 0.15) is 31.4 Å². The van der Waals surface area contributed by atoms with E-state index in [1.165, 1.54) is 4.31 Å². The number of methoxy groups -OCH3 is 2. The first kappa shape index (κ1) is 22.1. The van der Waals surface area contributed by atoms with Crippen LogP contribution in [0.5, 0.6) is 11.5 Å². The molecule has 1 heterocycles. The Morgan fingerprint density at radius 1 is 1.13 bits per heavy atom. The van der Waals surface area contributed by atoms with Crippen LogP contribution in [0.15, 0.2) is 53.4 Å². The minimum atomic E-state index is -3.61. The van der Waals surface area contributed by atoms with E-state index in [9.17, 15) is 13.2 Å². The van der Waals surface area contributed by atoms with Crippen LogP contribution >= 0.6 is 0 Å². The van der Waals surface area contributed by atoms with Crippen molar-refractivity contribution >= 4 is 15.9 Å². The first-order valence-corrected chi connectivity index (χ1v) is 11.4. The number of nitrogens with one attached hydrogen (secondary N) is 1. The molecule has 0 radical (unpaired) electrons. The highest BCUT2D eigenvalue weighted by Gasteiger charge is 2.33. The van der Waals surface area contributed by atoms with Crippen LogP contribution in [0, 0.1) is 5.92 Å². The van der Waals surface area contributed by atoms with Gasteiger partial charge in [0.25, 0.3) is 0 Å². The van der Waals surface area contributed by atoms with Crippen molar-refractivity contribution in [3.8, 4) is 11.5 Å². The van der Waals surface area contributed by atoms with Gasteiger partial charge in [0.2, 0.25) is 15.9 Å². The fourth-order valence-electron chi connectivity index (χ4n) is 3.70. The van der Waals surface area contributed by atoms with Crippen LogP contribution in [0.4, 0.5) is 0 Å². The number of hydrogen-bond donors (Lipinski definition) is 1. The lowest BCUT2D eigenvalue weighted by atomic mass is 9.97. The summed E-state index contributed by atoms with van der Waals surface area (Å²) in [6.07, 6.45) is 1.29. The van der Waals surface area contributed by atoms with E-state index in [0.717, 1.165) is 5.56 Å².